The van der Waals surface area contributed by atoms with Gasteiger partial charge in [0.05, 0.1) is 46.0 Å². The van der Waals surface area contributed by atoms with Gasteiger partial charge in [-0.1, -0.05) is 0 Å². The van der Waals surface area contributed by atoms with E-state index < -0.39 is 33.7 Å². The third-order valence-corrected chi connectivity index (χ3v) is 6.97. The van der Waals surface area contributed by atoms with Gasteiger partial charge in [-0.3, -0.25) is 25.0 Å². The molecule has 0 radical (unpaired) electrons. The van der Waals surface area contributed by atoms with E-state index in [2.05, 4.69) is 47.4 Å². The SMILES string of the molecule is COCc1c(Br)c(C)nc(OCC(=O)N/N=C\c2cc(Br)c(Oc3ccc([N+](=O)[O-])cc3[N+](=O)[O-])c(OC)c2)c1C#N. The zero-order valence-electron chi connectivity index (χ0n) is 22.0. The van der Waals surface area contributed by atoms with E-state index in [0.717, 1.165) is 18.2 Å². The predicted molar refractivity (Wildman–Crippen MR) is 154 cm³/mol. The lowest BCUT2D eigenvalue weighted by atomic mass is 10.1. The van der Waals surface area contributed by atoms with Crippen molar-refractivity contribution in [3.63, 3.8) is 0 Å². The Morgan fingerprint density at radius 2 is 1.90 bits per heavy atom. The molecule has 0 aliphatic heterocycles. The molecule has 1 aromatic heterocycles. The lowest BCUT2D eigenvalue weighted by Gasteiger charge is -2.13. The minimum atomic E-state index is -0.802. The van der Waals surface area contributed by atoms with Crippen LogP contribution >= 0.6 is 31.9 Å². The molecule has 0 atom stereocenters. The molecule has 0 unspecified atom stereocenters. The summed E-state index contributed by atoms with van der Waals surface area (Å²) >= 11 is 6.69. The van der Waals surface area contributed by atoms with Gasteiger partial charge in [0.25, 0.3) is 11.6 Å². The number of nitrogens with one attached hydrogen (secondary N) is 1. The van der Waals surface area contributed by atoms with Crippen LogP contribution in [0.1, 0.15) is 22.4 Å². The molecule has 218 valence electrons. The van der Waals surface area contributed by atoms with Crippen molar-refractivity contribution in [2.45, 2.75) is 13.5 Å². The number of amides is 1. The number of carbonyl (C=O) groups excluding carboxylic acids is 1. The van der Waals surface area contributed by atoms with Crippen molar-refractivity contribution < 1.29 is 33.6 Å². The second kappa shape index (κ2) is 14.3. The topological polar surface area (TPSA) is 201 Å². The van der Waals surface area contributed by atoms with E-state index in [1.165, 1.54) is 32.6 Å². The van der Waals surface area contributed by atoms with Crippen LogP contribution in [0, 0.1) is 38.5 Å². The van der Waals surface area contributed by atoms with Crippen molar-refractivity contribution in [2.75, 3.05) is 20.8 Å². The average molecular weight is 708 g/mol. The van der Waals surface area contributed by atoms with Crippen molar-refractivity contribution in [1.82, 2.24) is 10.4 Å². The number of hydrazone groups is 1. The van der Waals surface area contributed by atoms with Gasteiger partial charge in [0.2, 0.25) is 11.6 Å². The van der Waals surface area contributed by atoms with Crippen molar-refractivity contribution in [1.29, 1.82) is 5.26 Å². The molecule has 3 aromatic rings. The van der Waals surface area contributed by atoms with E-state index >= 15 is 0 Å². The predicted octanol–water partition coefficient (Wildman–Crippen LogP) is 5.08. The Morgan fingerprint density at radius 3 is 2.52 bits per heavy atom. The normalized spacial score (nSPS) is 10.7. The average Bonchev–Trinajstić information content (AvgIpc) is 2.95. The number of hydrogen-bond acceptors (Lipinski definition) is 12. The van der Waals surface area contributed by atoms with Gasteiger partial charge in [0, 0.05) is 23.2 Å². The van der Waals surface area contributed by atoms with Gasteiger partial charge in [-0.05, 0) is 62.5 Å². The second-order valence-electron chi connectivity index (χ2n) is 8.10. The fraction of sp³-hybridized carbons (Fsp3) is 0.200. The molecule has 3 rings (SSSR count). The Balaban J connectivity index is 1.73. The smallest absolute Gasteiger partial charge is 0.318 e. The van der Waals surface area contributed by atoms with E-state index in [4.69, 9.17) is 18.9 Å². The number of ether oxygens (including phenoxy) is 4. The molecule has 1 heterocycles. The van der Waals surface area contributed by atoms with Crippen LogP contribution in [0.4, 0.5) is 11.4 Å². The molecule has 15 nitrogen and oxygen atoms in total. The summed E-state index contributed by atoms with van der Waals surface area (Å²) in [7, 11) is 2.82. The lowest BCUT2D eigenvalue weighted by Crippen LogP contribution is -2.25. The van der Waals surface area contributed by atoms with Crippen LogP contribution in [0.3, 0.4) is 0 Å². The number of pyridine rings is 1. The summed E-state index contributed by atoms with van der Waals surface area (Å²) in [6.45, 7) is 1.35. The van der Waals surface area contributed by atoms with E-state index in [0.29, 0.717) is 25.8 Å². The minimum Gasteiger partial charge on any atom is -0.493 e. The number of aryl methyl sites for hydroxylation is 1. The number of nitrogens with zero attached hydrogens (tertiary/aromatic N) is 5. The zero-order valence-corrected chi connectivity index (χ0v) is 25.2. The van der Waals surface area contributed by atoms with Crippen molar-refractivity contribution >= 4 is 55.4 Å². The number of non-ortho nitro benzene ring substituents is 1. The Kier molecular flexibility index (Phi) is 10.8. The maximum Gasteiger partial charge on any atom is 0.318 e. The Bertz CT molecular complexity index is 1630. The Hall–Kier alpha value is -4.66. The first-order valence-electron chi connectivity index (χ1n) is 11.5. The summed E-state index contributed by atoms with van der Waals surface area (Å²) in [6.07, 6.45) is 1.29. The van der Waals surface area contributed by atoms with Crippen LogP contribution in [0.15, 0.2) is 44.4 Å². The molecule has 0 saturated carbocycles. The number of benzene rings is 2. The van der Waals surface area contributed by atoms with Gasteiger partial charge in [-0.15, -0.1) is 0 Å². The first kappa shape index (κ1) is 31.9. The first-order chi connectivity index (χ1) is 20.0. The van der Waals surface area contributed by atoms with Crippen molar-refractivity contribution in [3.8, 4) is 29.2 Å². The highest BCUT2D eigenvalue weighted by Gasteiger charge is 2.24. The molecule has 0 spiro atoms. The summed E-state index contributed by atoms with van der Waals surface area (Å²) in [6, 6.07) is 8.00. The molecule has 0 bridgehead atoms. The highest BCUT2D eigenvalue weighted by molar-refractivity contribution is 9.10. The maximum absolute atomic E-state index is 12.3. The summed E-state index contributed by atoms with van der Waals surface area (Å²) in [5, 5.41) is 35.9. The zero-order chi connectivity index (χ0) is 31.0. The molecule has 17 heteroatoms. The molecular weight excluding hydrogens is 688 g/mol. The van der Waals surface area contributed by atoms with E-state index in [1.54, 1.807) is 6.92 Å². The number of aromatic nitrogens is 1. The molecule has 0 fully saturated rings. The van der Waals surface area contributed by atoms with Gasteiger partial charge in [0.15, 0.2) is 18.1 Å². The number of rotatable bonds is 12. The number of hydrogen-bond donors (Lipinski definition) is 1. The fourth-order valence-electron chi connectivity index (χ4n) is 3.43. The lowest BCUT2D eigenvalue weighted by molar-refractivity contribution is -0.394. The van der Waals surface area contributed by atoms with Gasteiger partial charge in [-0.2, -0.15) is 10.4 Å². The standard InChI is InChI=1S/C25H20Br2N6O9/c1-13-23(27)17(11-39-2)16(9-28)25(30-13)41-12-22(34)31-29-10-14-6-18(26)24(21(7-14)40-3)42-20-5-4-15(32(35)36)8-19(20)33(37)38/h4-8,10H,11-12H2,1-3H3,(H,31,34)/b29-10-. The summed E-state index contributed by atoms with van der Waals surface area (Å²) < 4.78 is 22.5. The number of nitro groups is 2. The Labute approximate surface area is 254 Å². The van der Waals surface area contributed by atoms with Crippen molar-refractivity contribution in [2.24, 2.45) is 5.10 Å². The largest absolute Gasteiger partial charge is 0.493 e. The number of carbonyl (C=O) groups is 1. The molecule has 0 aliphatic rings. The number of nitriles is 1. The van der Waals surface area contributed by atoms with E-state index in [-0.39, 0.29) is 35.3 Å². The number of methoxy groups -OCH3 is 2. The third kappa shape index (κ3) is 7.54. The van der Waals surface area contributed by atoms with Crippen LogP contribution in [0.2, 0.25) is 0 Å². The molecule has 0 aliphatic carbocycles. The van der Waals surface area contributed by atoms with E-state index in [9.17, 15) is 30.3 Å². The minimum absolute atomic E-state index is 0.0260. The van der Waals surface area contributed by atoms with Gasteiger partial charge >= 0.3 is 5.69 Å². The summed E-state index contributed by atoms with van der Waals surface area (Å²) in [5.41, 5.74) is 2.86. The van der Waals surface area contributed by atoms with Crippen LogP contribution in [-0.4, -0.2) is 47.8 Å². The molecule has 2 aromatic carbocycles. The van der Waals surface area contributed by atoms with Crippen LogP contribution < -0.4 is 19.6 Å². The monoisotopic (exact) mass is 706 g/mol. The van der Waals surface area contributed by atoms with Crippen molar-refractivity contribution in [3.05, 3.63) is 81.9 Å². The van der Waals surface area contributed by atoms with Gasteiger partial charge in [-0.25, -0.2) is 10.4 Å². The van der Waals surface area contributed by atoms with Crippen LogP contribution in [-0.2, 0) is 16.1 Å². The summed E-state index contributed by atoms with van der Waals surface area (Å²) in [5.74, 6) is -0.713. The van der Waals surface area contributed by atoms with Gasteiger partial charge < -0.3 is 18.9 Å². The second-order valence-corrected chi connectivity index (χ2v) is 9.75. The number of halogens is 2. The highest BCUT2D eigenvalue weighted by atomic mass is 79.9. The van der Waals surface area contributed by atoms with Crippen LogP contribution in [0.25, 0.3) is 0 Å². The molecule has 0 saturated heterocycles. The number of nitro benzene ring substituents is 2. The fourth-order valence-corrected chi connectivity index (χ4v) is 4.37. The quantitative estimate of drug-likeness (QED) is 0.149. The molecular formula is C25H20Br2N6O9. The third-order valence-electron chi connectivity index (χ3n) is 5.32. The van der Waals surface area contributed by atoms with E-state index in [1.807, 2.05) is 6.07 Å². The molecule has 1 amide bonds. The first-order valence-corrected chi connectivity index (χ1v) is 13.1. The Morgan fingerprint density at radius 1 is 1.17 bits per heavy atom. The van der Waals surface area contributed by atoms with Crippen LogP contribution in [0.5, 0.6) is 23.1 Å². The maximum atomic E-state index is 12.3. The molecule has 42 heavy (non-hydrogen) atoms. The summed E-state index contributed by atoms with van der Waals surface area (Å²) in [4.78, 5) is 37.4. The van der Waals surface area contributed by atoms with Gasteiger partial charge in [0.1, 0.15) is 11.6 Å². The highest BCUT2D eigenvalue weighted by Crippen LogP contribution is 2.42. The molecule has 1 N–H and O–H groups in total.